The van der Waals surface area contributed by atoms with E-state index in [-0.39, 0.29) is 17.1 Å². The molecule has 0 saturated heterocycles. The smallest absolute Gasteiger partial charge is 0.168 e. The van der Waals surface area contributed by atoms with Crippen LogP contribution in [0.25, 0.3) is 10.4 Å². The first-order valence-corrected chi connectivity index (χ1v) is 9.08. The van der Waals surface area contributed by atoms with Crippen LogP contribution >= 0.6 is 0 Å². The van der Waals surface area contributed by atoms with Gasteiger partial charge in [0.15, 0.2) is 22.9 Å². The van der Waals surface area contributed by atoms with Crippen LogP contribution in [0.5, 0.6) is 11.5 Å². The topological polar surface area (TPSA) is 165 Å². The van der Waals surface area contributed by atoms with Crippen molar-refractivity contribution in [2.75, 3.05) is 13.2 Å². The number of hydrogen-bond acceptors (Lipinski definition) is 8. The number of nitrogens with zero attached hydrogens (tertiary/aromatic N) is 3. The lowest BCUT2D eigenvalue weighted by Crippen LogP contribution is -2.67. The average Bonchev–Trinajstić information content (AvgIpc) is 2.60. The molecule has 0 aliphatic carbocycles. The number of benzene rings is 1. The number of carboxylic acid groups (broad SMARTS) is 2. The Morgan fingerprint density at radius 2 is 1.60 bits per heavy atom. The van der Waals surface area contributed by atoms with Crippen molar-refractivity contribution < 1.29 is 34.1 Å². The van der Waals surface area contributed by atoms with E-state index in [0.29, 0.717) is 0 Å². The molecule has 1 rings (SSSR count). The monoisotopic (exact) mass is 419 g/mol. The maximum absolute atomic E-state index is 12.3. The SMILES string of the molecule is CC(C)(C)C(Oc1ccc(C(=O)CN=[N+]=[N-])cc1OCC(=O)[O-])(C(=O)[O-])C(C)(C)C. The van der Waals surface area contributed by atoms with E-state index >= 15 is 0 Å². The number of rotatable bonds is 9. The standard InChI is InChI=1S/C20H27N3O7/c1-18(2,3)20(17(27)28,19(4,5)6)30-14-8-7-12(13(24)10-22-23-21)9-15(14)29-11-16(25)26/h7-9H,10-11H2,1-6H3,(H,25,26)(H,27,28)/p-2. The highest BCUT2D eigenvalue weighted by atomic mass is 16.6. The van der Waals surface area contributed by atoms with Gasteiger partial charge in [0.25, 0.3) is 0 Å². The number of aliphatic carboxylic acids is 2. The maximum atomic E-state index is 12.3. The highest BCUT2D eigenvalue weighted by Crippen LogP contribution is 2.48. The van der Waals surface area contributed by atoms with Crippen molar-refractivity contribution in [2.45, 2.75) is 47.1 Å². The summed E-state index contributed by atoms with van der Waals surface area (Å²) in [5.74, 6) is -3.80. The normalized spacial score (nSPS) is 11.9. The van der Waals surface area contributed by atoms with E-state index in [0.717, 1.165) is 0 Å². The van der Waals surface area contributed by atoms with E-state index in [4.69, 9.17) is 15.0 Å². The van der Waals surface area contributed by atoms with Gasteiger partial charge in [0.05, 0.1) is 18.5 Å². The Hall–Kier alpha value is -3.26. The summed E-state index contributed by atoms with van der Waals surface area (Å²) in [5.41, 5.74) is 4.67. The Morgan fingerprint density at radius 3 is 2.03 bits per heavy atom. The van der Waals surface area contributed by atoms with Gasteiger partial charge in [0.1, 0.15) is 6.61 Å². The fraction of sp³-hybridized carbons (Fsp3) is 0.550. The van der Waals surface area contributed by atoms with Crippen LogP contribution < -0.4 is 19.7 Å². The maximum Gasteiger partial charge on any atom is 0.168 e. The molecule has 0 radical (unpaired) electrons. The quantitative estimate of drug-likeness (QED) is 0.251. The minimum Gasteiger partial charge on any atom is -0.546 e. The Bertz CT molecular complexity index is 861. The second-order valence-electron chi connectivity index (χ2n) is 8.71. The number of carbonyl (C=O) groups excluding carboxylic acids is 3. The zero-order valence-corrected chi connectivity index (χ0v) is 17.8. The lowest BCUT2D eigenvalue weighted by atomic mass is 9.62. The van der Waals surface area contributed by atoms with Crippen molar-refractivity contribution in [3.63, 3.8) is 0 Å². The van der Waals surface area contributed by atoms with E-state index in [1.807, 2.05) is 0 Å². The molecule has 0 spiro atoms. The van der Waals surface area contributed by atoms with Crippen molar-refractivity contribution in [1.82, 2.24) is 0 Å². The van der Waals surface area contributed by atoms with Gasteiger partial charge in [0.2, 0.25) is 0 Å². The molecule has 1 aromatic rings. The zero-order chi connectivity index (χ0) is 23.3. The van der Waals surface area contributed by atoms with Gasteiger partial charge >= 0.3 is 0 Å². The van der Waals surface area contributed by atoms with Gasteiger partial charge in [-0.2, -0.15) is 0 Å². The third kappa shape index (κ3) is 5.21. The van der Waals surface area contributed by atoms with E-state index in [1.54, 1.807) is 41.5 Å². The molecular weight excluding hydrogens is 394 g/mol. The molecule has 30 heavy (non-hydrogen) atoms. The summed E-state index contributed by atoms with van der Waals surface area (Å²) in [4.78, 5) is 37.8. The van der Waals surface area contributed by atoms with Crippen LogP contribution in [0.3, 0.4) is 0 Å². The molecule has 0 aliphatic heterocycles. The Kier molecular flexibility index (Phi) is 7.47. The first kappa shape index (κ1) is 24.8. The summed E-state index contributed by atoms with van der Waals surface area (Å²) in [7, 11) is 0. The van der Waals surface area contributed by atoms with Crippen molar-refractivity contribution in [2.24, 2.45) is 15.9 Å². The highest BCUT2D eigenvalue weighted by molar-refractivity contribution is 5.98. The number of hydrogen-bond donors (Lipinski definition) is 0. The van der Waals surface area contributed by atoms with Crippen molar-refractivity contribution in [1.29, 1.82) is 0 Å². The number of carbonyl (C=O) groups is 3. The summed E-state index contributed by atoms with van der Waals surface area (Å²) in [6, 6.07) is 3.82. The molecular formula is C20H25N3O7-2. The van der Waals surface area contributed by atoms with Crippen LogP contribution in [0.2, 0.25) is 0 Å². The molecule has 0 fully saturated rings. The van der Waals surface area contributed by atoms with Crippen LogP contribution in [0.15, 0.2) is 23.3 Å². The summed E-state index contributed by atoms with van der Waals surface area (Å²) in [6.07, 6.45) is 0. The Balaban J connectivity index is 3.59. The molecule has 0 heterocycles. The van der Waals surface area contributed by atoms with Gasteiger partial charge in [-0.15, -0.1) is 0 Å². The predicted octanol–water partition coefficient (Wildman–Crippen LogP) is 1.27. The van der Waals surface area contributed by atoms with Crippen LogP contribution in [0.4, 0.5) is 0 Å². The van der Waals surface area contributed by atoms with E-state index < -0.39 is 47.3 Å². The van der Waals surface area contributed by atoms with E-state index in [2.05, 4.69) is 10.0 Å². The molecule has 10 nitrogen and oxygen atoms in total. The molecule has 0 N–H and O–H groups in total. The molecule has 0 amide bonds. The second-order valence-corrected chi connectivity index (χ2v) is 8.71. The summed E-state index contributed by atoms with van der Waals surface area (Å²) in [6.45, 7) is 8.74. The van der Waals surface area contributed by atoms with E-state index in [9.17, 15) is 24.6 Å². The minimum atomic E-state index is -1.85. The average molecular weight is 419 g/mol. The highest BCUT2D eigenvalue weighted by Gasteiger charge is 2.55. The third-order valence-corrected chi connectivity index (χ3v) is 4.55. The zero-order valence-electron chi connectivity index (χ0n) is 17.8. The van der Waals surface area contributed by atoms with Crippen molar-refractivity contribution >= 4 is 17.7 Å². The van der Waals surface area contributed by atoms with Crippen molar-refractivity contribution in [3.8, 4) is 11.5 Å². The van der Waals surface area contributed by atoms with Gasteiger partial charge in [-0.3, -0.25) is 4.79 Å². The van der Waals surface area contributed by atoms with Crippen molar-refractivity contribution in [3.05, 3.63) is 34.2 Å². The Morgan fingerprint density at radius 1 is 1.03 bits per heavy atom. The number of ketones is 1. The van der Waals surface area contributed by atoms with Gasteiger partial charge in [-0.25, -0.2) is 0 Å². The number of ether oxygens (including phenoxy) is 2. The second kappa shape index (κ2) is 9.04. The van der Waals surface area contributed by atoms with Crippen LogP contribution in [0, 0.1) is 10.8 Å². The minimum absolute atomic E-state index is 0.0636. The number of azide groups is 1. The molecule has 164 valence electrons. The number of Topliss-reactive ketones (excluding diaryl/α,β-unsaturated/α-hetero) is 1. The first-order valence-electron chi connectivity index (χ1n) is 9.08. The lowest BCUT2D eigenvalue weighted by Gasteiger charge is -2.53. The van der Waals surface area contributed by atoms with E-state index in [1.165, 1.54) is 18.2 Å². The summed E-state index contributed by atoms with van der Waals surface area (Å²) < 4.78 is 11.2. The van der Waals surface area contributed by atoms with Gasteiger partial charge in [-0.05, 0) is 23.7 Å². The summed E-state index contributed by atoms with van der Waals surface area (Å²) in [5, 5.41) is 26.4. The first-order chi connectivity index (χ1) is 13.7. The molecule has 0 aromatic heterocycles. The van der Waals surface area contributed by atoms with Gasteiger partial charge in [-0.1, -0.05) is 46.7 Å². The number of carboxylic acids is 2. The molecule has 0 unspecified atom stereocenters. The van der Waals surface area contributed by atoms with Gasteiger partial charge < -0.3 is 29.3 Å². The predicted molar refractivity (Wildman–Crippen MR) is 103 cm³/mol. The molecule has 0 bridgehead atoms. The van der Waals surface area contributed by atoms with Crippen LogP contribution in [-0.4, -0.2) is 36.5 Å². The fourth-order valence-corrected chi connectivity index (χ4v) is 3.45. The largest absolute Gasteiger partial charge is 0.546 e. The van der Waals surface area contributed by atoms with Crippen LogP contribution in [0.1, 0.15) is 51.9 Å². The third-order valence-electron chi connectivity index (χ3n) is 4.55. The molecule has 0 aliphatic rings. The lowest BCUT2D eigenvalue weighted by molar-refractivity contribution is -0.337. The molecule has 10 heteroatoms. The Labute approximate surface area is 174 Å². The fourth-order valence-electron chi connectivity index (χ4n) is 3.45. The summed E-state index contributed by atoms with van der Waals surface area (Å²) >= 11 is 0. The molecule has 0 atom stereocenters. The molecule has 0 saturated carbocycles. The van der Waals surface area contributed by atoms with Gasteiger partial charge in [0, 0.05) is 21.3 Å². The molecule has 1 aromatic carbocycles. The van der Waals surface area contributed by atoms with Crippen LogP contribution in [-0.2, 0) is 9.59 Å².